The summed E-state index contributed by atoms with van der Waals surface area (Å²) in [7, 11) is 0. The molecule has 1 amide bonds. The molecule has 8 heteroatoms. The molecular formula is C14H10ClF3N2O2. The molecule has 1 aromatic rings. The molecule has 0 saturated carbocycles. The monoisotopic (exact) mass is 330 g/mol. The molecule has 2 N–H and O–H groups in total. The van der Waals surface area contributed by atoms with Crippen molar-refractivity contribution in [2.45, 2.75) is 13.3 Å². The van der Waals surface area contributed by atoms with Gasteiger partial charge >= 0.3 is 0 Å². The Labute approximate surface area is 129 Å². The third-order valence-electron chi connectivity index (χ3n) is 2.69. The second kappa shape index (κ2) is 7.00. The van der Waals surface area contributed by atoms with E-state index in [1.165, 1.54) is 12.1 Å². The van der Waals surface area contributed by atoms with E-state index in [1.54, 1.807) is 5.32 Å². The van der Waals surface area contributed by atoms with E-state index in [-0.39, 0.29) is 6.42 Å². The van der Waals surface area contributed by atoms with Crippen molar-refractivity contribution in [2.75, 3.05) is 5.32 Å². The van der Waals surface area contributed by atoms with Crippen LogP contribution in [0.2, 0.25) is 5.02 Å². The number of aliphatic hydroxyl groups is 1. The first-order chi connectivity index (χ1) is 10.3. The fourth-order valence-corrected chi connectivity index (χ4v) is 1.69. The van der Waals surface area contributed by atoms with Crippen molar-refractivity contribution in [3.05, 3.63) is 52.0 Å². The second-order valence-electron chi connectivity index (χ2n) is 4.14. The quantitative estimate of drug-likeness (QED) is 0.219. The number of hydrogen-bond donors (Lipinski definition) is 2. The summed E-state index contributed by atoms with van der Waals surface area (Å²) in [6, 6.07) is 1.39. The van der Waals surface area contributed by atoms with Gasteiger partial charge in [-0.3, -0.25) is 4.79 Å². The molecule has 0 atom stereocenters. The number of benzene rings is 1. The Morgan fingerprint density at radius 1 is 1.41 bits per heavy atom. The van der Waals surface area contributed by atoms with Gasteiger partial charge < -0.3 is 10.4 Å². The van der Waals surface area contributed by atoms with Crippen LogP contribution in [0.1, 0.15) is 12.0 Å². The molecule has 0 aliphatic heterocycles. The van der Waals surface area contributed by atoms with Crippen LogP contribution in [0.4, 0.5) is 18.9 Å². The van der Waals surface area contributed by atoms with Gasteiger partial charge in [0.15, 0.2) is 23.0 Å². The molecule has 0 aromatic heterocycles. The minimum Gasteiger partial charge on any atom is -0.510 e. The Hall–Kier alpha value is -2.46. The van der Waals surface area contributed by atoms with Crippen molar-refractivity contribution in [2.24, 2.45) is 0 Å². The molecule has 0 radical (unpaired) electrons. The largest absolute Gasteiger partial charge is 0.510 e. The number of nitriles is 1. The number of carbonyl (C=O) groups is 1. The van der Waals surface area contributed by atoms with Crippen molar-refractivity contribution >= 4 is 23.2 Å². The van der Waals surface area contributed by atoms with Gasteiger partial charge in [0.1, 0.15) is 17.5 Å². The molecule has 0 unspecified atom stereocenters. The maximum Gasteiger partial charge on any atom is 0.269 e. The zero-order valence-electron chi connectivity index (χ0n) is 11.3. The average Bonchev–Trinajstić information content (AvgIpc) is 2.48. The molecule has 0 fully saturated rings. The van der Waals surface area contributed by atoms with Gasteiger partial charge in [0.05, 0.1) is 5.02 Å². The van der Waals surface area contributed by atoms with E-state index >= 15 is 0 Å². The number of anilines is 1. The fourth-order valence-electron chi connectivity index (χ4n) is 1.52. The van der Waals surface area contributed by atoms with Crippen LogP contribution in [0.3, 0.4) is 0 Å². The summed E-state index contributed by atoms with van der Waals surface area (Å²) in [6.45, 7) is 4.39. The standard InChI is InChI=1S/C14H10ClF3N2O2/c1-3-4-8(21)7(5-19)14(22)20-13-10(16)6(2)9(15)11(17)12(13)18/h3,21H,1,4H2,2H3,(H,20,22). The lowest BCUT2D eigenvalue weighted by Gasteiger charge is -2.11. The van der Waals surface area contributed by atoms with Crippen LogP contribution >= 0.6 is 11.6 Å². The summed E-state index contributed by atoms with van der Waals surface area (Å²) in [4.78, 5) is 11.8. The van der Waals surface area contributed by atoms with Crippen molar-refractivity contribution in [3.63, 3.8) is 0 Å². The normalized spacial score (nSPS) is 11.5. The average molecular weight is 331 g/mol. The van der Waals surface area contributed by atoms with Crippen molar-refractivity contribution in [3.8, 4) is 6.07 Å². The molecule has 0 heterocycles. The van der Waals surface area contributed by atoms with Gasteiger partial charge in [0.25, 0.3) is 5.91 Å². The van der Waals surface area contributed by atoms with Crippen LogP contribution in [-0.4, -0.2) is 11.0 Å². The van der Waals surface area contributed by atoms with E-state index < -0.39 is 51.0 Å². The first kappa shape index (κ1) is 17.6. The Morgan fingerprint density at radius 3 is 2.50 bits per heavy atom. The molecule has 0 spiro atoms. The van der Waals surface area contributed by atoms with E-state index in [4.69, 9.17) is 16.9 Å². The Balaban J connectivity index is 3.32. The van der Waals surface area contributed by atoms with Gasteiger partial charge in [-0.2, -0.15) is 5.26 Å². The smallest absolute Gasteiger partial charge is 0.269 e. The minimum atomic E-state index is -1.71. The molecule has 0 aliphatic carbocycles. The highest BCUT2D eigenvalue weighted by Gasteiger charge is 2.25. The highest BCUT2D eigenvalue weighted by Crippen LogP contribution is 2.32. The molecule has 22 heavy (non-hydrogen) atoms. The Morgan fingerprint density at radius 2 is 2.00 bits per heavy atom. The number of carbonyl (C=O) groups excluding carboxylic acids is 1. The second-order valence-corrected chi connectivity index (χ2v) is 4.51. The number of halogens is 4. The topological polar surface area (TPSA) is 73.1 Å². The van der Waals surface area contributed by atoms with E-state index in [9.17, 15) is 23.1 Å². The summed E-state index contributed by atoms with van der Waals surface area (Å²) >= 11 is 5.40. The molecule has 0 bridgehead atoms. The van der Waals surface area contributed by atoms with Gasteiger partial charge in [0, 0.05) is 12.0 Å². The number of aliphatic hydroxyl groups excluding tert-OH is 1. The zero-order valence-corrected chi connectivity index (χ0v) is 12.1. The molecule has 4 nitrogen and oxygen atoms in total. The predicted octanol–water partition coefficient (Wildman–Crippen LogP) is 3.92. The van der Waals surface area contributed by atoms with Gasteiger partial charge in [0.2, 0.25) is 0 Å². The fraction of sp³-hybridized carbons (Fsp3) is 0.143. The van der Waals surface area contributed by atoms with E-state index in [0.29, 0.717) is 0 Å². The van der Waals surface area contributed by atoms with E-state index in [1.807, 2.05) is 0 Å². The van der Waals surface area contributed by atoms with Crippen LogP contribution in [0.5, 0.6) is 0 Å². The summed E-state index contributed by atoms with van der Waals surface area (Å²) in [6.07, 6.45) is 1.02. The van der Waals surface area contributed by atoms with Gasteiger partial charge in [-0.05, 0) is 6.92 Å². The molecule has 0 saturated heterocycles. The van der Waals surface area contributed by atoms with Crippen LogP contribution in [0, 0.1) is 35.7 Å². The van der Waals surface area contributed by atoms with Crippen molar-refractivity contribution < 1.29 is 23.1 Å². The summed E-state index contributed by atoms with van der Waals surface area (Å²) < 4.78 is 41.1. The third kappa shape index (κ3) is 3.23. The van der Waals surface area contributed by atoms with Crippen LogP contribution < -0.4 is 5.32 Å². The zero-order chi connectivity index (χ0) is 17.0. The van der Waals surface area contributed by atoms with E-state index in [0.717, 1.165) is 6.92 Å². The first-order valence-electron chi connectivity index (χ1n) is 5.83. The number of allylic oxidation sites excluding steroid dienone is 1. The van der Waals surface area contributed by atoms with Crippen LogP contribution in [0.15, 0.2) is 24.0 Å². The predicted molar refractivity (Wildman–Crippen MR) is 74.8 cm³/mol. The van der Waals surface area contributed by atoms with E-state index in [2.05, 4.69) is 6.58 Å². The summed E-state index contributed by atoms with van der Waals surface area (Å²) in [5.41, 5.74) is -2.27. The highest BCUT2D eigenvalue weighted by atomic mass is 35.5. The highest BCUT2D eigenvalue weighted by molar-refractivity contribution is 6.31. The lowest BCUT2D eigenvalue weighted by molar-refractivity contribution is -0.112. The van der Waals surface area contributed by atoms with Crippen molar-refractivity contribution in [1.82, 2.24) is 0 Å². The molecule has 116 valence electrons. The number of amides is 1. The number of rotatable bonds is 4. The SMILES string of the molecule is C=CCC(O)=C(C#N)C(=O)Nc1c(F)c(C)c(Cl)c(F)c1F. The Bertz CT molecular complexity index is 695. The number of nitrogens with one attached hydrogen (secondary N) is 1. The first-order valence-corrected chi connectivity index (χ1v) is 6.21. The van der Waals surface area contributed by atoms with Crippen LogP contribution in [0.25, 0.3) is 0 Å². The molecule has 0 aliphatic rings. The van der Waals surface area contributed by atoms with Gasteiger partial charge in [-0.1, -0.05) is 17.7 Å². The lowest BCUT2D eigenvalue weighted by atomic mass is 10.1. The molecular weight excluding hydrogens is 321 g/mol. The van der Waals surface area contributed by atoms with Gasteiger partial charge in [-0.25, -0.2) is 13.2 Å². The maximum atomic E-state index is 13.9. The minimum absolute atomic E-state index is 0.199. The number of nitrogens with zero attached hydrogens (tertiary/aromatic N) is 1. The number of hydrogen-bond acceptors (Lipinski definition) is 3. The molecule has 1 rings (SSSR count). The summed E-state index contributed by atoms with van der Waals surface area (Å²) in [5.74, 6) is -6.45. The summed E-state index contributed by atoms with van der Waals surface area (Å²) in [5, 5.41) is 19.3. The lowest BCUT2D eigenvalue weighted by Crippen LogP contribution is -2.18. The van der Waals surface area contributed by atoms with Gasteiger partial charge in [-0.15, -0.1) is 6.58 Å². The van der Waals surface area contributed by atoms with Crippen LogP contribution in [-0.2, 0) is 4.79 Å². The maximum absolute atomic E-state index is 13.9. The van der Waals surface area contributed by atoms with Crippen molar-refractivity contribution in [1.29, 1.82) is 5.26 Å². The molecule has 1 aromatic carbocycles. The third-order valence-corrected chi connectivity index (χ3v) is 3.14. The Kier molecular flexibility index (Phi) is 5.60.